The number of carboxylic acids is 1. The predicted octanol–water partition coefficient (Wildman–Crippen LogP) is 11.4. The van der Waals surface area contributed by atoms with E-state index in [4.69, 9.17) is 24.8 Å². The van der Waals surface area contributed by atoms with E-state index in [-0.39, 0.29) is 19.4 Å². The zero-order chi connectivity index (χ0) is 41.4. The lowest BCUT2D eigenvalue weighted by atomic mass is 10.0. The largest absolute Gasteiger partial charge is 0.480 e. The van der Waals surface area contributed by atoms with Crippen molar-refractivity contribution in [3.05, 3.63) is 48.6 Å². The Kier molecular flexibility index (Phi) is 37.5. The van der Waals surface area contributed by atoms with Gasteiger partial charge in [0.25, 0.3) is 0 Å². The fourth-order valence-electron chi connectivity index (χ4n) is 5.65. The first-order valence-corrected chi connectivity index (χ1v) is 23.2. The number of carbonyl (C=O) groups is 3. The van der Waals surface area contributed by atoms with Gasteiger partial charge in [0.1, 0.15) is 12.6 Å². The van der Waals surface area contributed by atoms with Crippen molar-refractivity contribution in [2.24, 2.45) is 5.73 Å². The van der Waals surface area contributed by atoms with Crippen LogP contribution < -0.4 is 5.73 Å². The molecule has 0 aliphatic rings. The Morgan fingerprint density at radius 3 is 1.46 bits per heavy atom. The Balaban J connectivity index is 4.46. The van der Waals surface area contributed by atoms with Crippen molar-refractivity contribution in [1.82, 2.24) is 0 Å². The van der Waals surface area contributed by atoms with Crippen LogP contribution in [0.1, 0.15) is 181 Å². The van der Waals surface area contributed by atoms with Crippen LogP contribution in [0.3, 0.4) is 0 Å². The number of unbranched alkanes of at least 4 members (excludes halogenated alkanes) is 18. The fourth-order valence-corrected chi connectivity index (χ4v) is 6.42. The summed E-state index contributed by atoms with van der Waals surface area (Å²) < 4.78 is 32.6. The Hall–Kier alpha value is -2.56. The number of hydrogen-bond acceptors (Lipinski definition) is 9. The summed E-state index contributed by atoms with van der Waals surface area (Å²) in [5.41, 5.74) is 5.33. The molecule has 11 nitrogen and oxygen atoms in total. The molecule has 0 aromatic heterocycles. The van der Waals surface area contributed by atoms with Crippen molar-refractivity contribution in [2.45, 2.75) is 193 Å². The van der Waals surface area contributed by atoms with Gasteiger partial charge in [-0.2, -0.15) is 0 Å². The highest BCUT2D eigenvalue weighted by Crippen LogP contribution is 2.43. The number of ether oxygens (including phenoxy) is 2. The Morgan fingerprint density at radius 2 is 0.964 bits per heavy atom. The summed E-state index contributed by atoms with van der Waals surface area (Å²) in [5, 5.41) is 8.88. The minimum atomic E-state index is -4.73. The van der Waals surface area contributed by atoms with Gasteiger partial charge in [-0.05, 0) is 51.4 Å². The monoisotopic (exact) mass is 812 g/mol. The Bertz CT molecular complexity index is 1140. The second kappa shape index (κ2) is 39.3. The molecular weight excluding hydrogens is 733 g/mol. The number of rotatable bonds is 40. The highest BCUT2D eigenvalue weighted by atomic mass is 31.2. The van der Waals surface area contributed by atoms with Gasteiger partial charge >= 0.3 is 25.7 Å². The van der Waals surface area contributed by atoms with Crippen LogP contribution in [0.5, 0.6) is 0 Å². The first kappa shape index (κ1) is 53.4. The number of phosphoric acid groups is 1. The number of phosphoric ester groups is 1. The van der Waals surface area contributed by atoms with Crippen LogP contribution in [0, 0.1) is 0 Å². The van der Waals surface area contributed by atoms with E-state index in [1.54, 1.807) is 0 Å². The zero-order valence-electron chi connectivity index (χ0n) is 35.0. The maximum absolute atomic E-state index is 12.6. The molecule has 0 amide bonds. The molecule has 0 aliphatic heterocycles. The molecule has 1 unspecified atom stereocenters. The molecule has 324 valence electrons. The second-order valence-electron chi connectivity index (χ2n) is 14.5. The van der Waals surface area contributed by atoms with E-state index in [1.807, 2.05) is 12.2 Å². The maximum atomic E-state index is 12.6. The quantitative estimate of drug-likeness (QED) is 0.0233. The SMILES string of the molecule is CCCCCC=CCC=CCC=CCC=CCCCC(=O)O[C@H](COC(=O)CCCCCCCCCCCCCCCCC)COP(=O)(O)OC[C@H](N)C(=O)O. The fraction of sp³-hybridized carbons (Fsp3) is 0.750. The van der Waals surface area contributed by atoms with Crippen LogP contribution >= 0.6 is 7.82 Å². The molecule has 0 heterocycles. The molecule has 12 heteroatoms. The molecule has 0 radical (unpaired) electrons. The topological polar surface area (TPSA) is 172 Å². The van der Waals surface area contributed by atoms with Crippen molar-refractivity contribution in [3.8, 4) is 0 Å². The van der Waals surface area contributed by atoms with Gasteiger partial charge in [0.05, 0.1) is 13.2 Å². The lowest BCUT2D eigenvalue weighted by Gasteiger charge is -2.20. The van der Waals surface area contributed by atoms with Gasteiger partial charge in [0.2, 0.25) is 0 Å². The first-order valence-electron chi connectivity index (χ1n) is 21.7. The molecule has 0 aromatic rings. The lowest BCUT2D eigenvalue weighted by molar-refractivity contribution is -0.161. The summed E-state index contributed by atoms with van der Waals surface area (Å²) in [6.07, 6.45) is 43.2. The molecule has 0 aromatic carbocycles. The molecule has 0 saturated carbocycles. The third-order valence-electron chi connectivity index (χ3n) is 9.08. The van der Waals surface area contributed by atoms with E-state index >= 15 is 0 Å². The Morgan fingerprint density at radius 1 is 0.554 bits per heavy atom. The van der Waals surface area contributed by atoms with E-state index in [0.717, 1.165) is 44.9 Å². The third kappa shape index (κ3) is 38.3. The Labute approximate surface area is 339 Å². The maximum Gasteiger partial charge on any atom is 0.472 e. The highest BCUT2D eigenvalue weighted by molar-refractivity contribution is 7.47. The van der Waals surface area contributed by atoms with Crippen LogP contribution in [-0.2, 0) is 37.5 Å². The minimum Gasteiger partial charge on any atom is -0.480 e. The smallest absolute Gasteiger partial charge is 0.472 e. The predicted molar refractivity (Wildman–Crippen MR) is 226 cm³/mol. The van der Waals surface area contributed by atoms with E-state index in [1.165, 1.54) is 89.9 Å². The van der Waals surface area contributed by atoms with Crippen LogP contribution in [-0.4, -0.2) is 59.9 Å². The van der Waals surface area contributed by atoms with Crippen LogP contribution in [0.15, 0.2) is 48.6 Å². The molecule has 0 bridgehead atoms. The number of nitrogens with two attached hydrogens (primary N) is 1. The van der Waals surface area contributed by atoms with Crippen molar-refractivity contribution in [2.75, 3.05) is 19.8 Å². The van der Waals surface area contributed by atoms with Gasteiger partial charge in [-0.25, -0.2) is 4.57 Å². The van der Waals surface area contributed by atoms with Gasteiger partial charge in [-0.1, -0.05) is 165 Å². The van der Waals surface area contributed by atoms with Gasteiger partial charge < -0.3 is 25.2 Å². The lowest BCUT2D eigenvalue weighted by Crippen LogP contribution is -2.34. The van der Waals surface area contributed by atoms with E-state index in [9.17, 15) is 23.8 Å². The van der Waals surface area contributed by atoms with Crippen molar-refractivity contribution >= 4 is 25.7 Å². The average molecular weight is 812 g/mol. The number of esters is 2. The highest BCUT2D eigenvalue weighted by Gasteiger charge is 2.28. The third-order valence-corrected chi connectivity index (χ3v) is 10.0. The molecule has 0 rings (SSSR count). The van der Waals surface area contributed by atoms with Crippen molar-refractivity contribution < 1.29 is 47.5 Å². The summed E-state index contributed by atoms with van der Waals surface area (Å²) in [4.78, 5) is 45.9. The van der Waals surface area contributed by atoms with Gasteiger partial charge in [0, 0.05) is 12.8 Å². The summed E-state index contributed by atoms with van der Waals surface area (Å²) in [7, 11) is -4.73. The molecular formula is C44H78NO10P. The number of carbonyl (C=O) groups excluding carboxylic acids is 2. The number of allylic oxidation sites excluding steroid dienone is 8. The average Bonchev–Trinajstić information content (AvgIpc) is 3.17. The van der Waals surface area contributed by atoms with Gasteiger partial charge in [-0.15, -0.1) is 0 Å². The molecule has 0 fully saturated rings. The molecule has 4 N–H and O–H groups in total. The second-order valence-corrected chi connectivity index (χ2v) is 15.9. The van der Waals surface area contributed by atoms with E-state index < -0.39 is 51.1 Å². The first-order chi connectivity index (χ1) is 27.1. The standard InChI is InChI=1S/C44H78NO10P/c1-3-5-7-9-11-13-15-17-19-20-22-24-26-28-30-32-34-36-43(47)55-40(38-53-56(50,51)54-39-41(45)44(48)49)37-52-42(46)35-33-31-29-27-25-23-21-18-16-14-12-10-8-6-4-2/h11,13,17,19,22,24,28,30,40-41H,3-10,12,14-16,18,20-21,23,25-27,29,31-39,45H2,1-2H3,(H,48,49)(H,50,51)/t40-,41+/m1/s1. The molecule has 0 spiro atoms. The molecule has 3 atom stereocenters. The van der Waals surface area contributed by atoms with E-state index in [2.05, 4.69) is 54.8 Å². The number of carboxylic acid groups (broad SMARTS) is 1. The summed E-state index contributed by atoms with van der Waals surface area (Å²) in [5.74, 6) is -2.45. The van der Waals surface area contributed by atoms with Crippen LogP contribution in [0.25, 0.3) is 0 Å². The van der Waals surface area contributed by atoms with Crippen molar-refractivity contribution in [3.63, 3.8) is 0 Å². The summed E-state index contributed by atoms with van der Waals surface area (Å²) in [6, 6.07) is -1.53. The number of hydrogen-bond donors (Lipinski definition) is 3. The van der Waals surface area contributed by atoms with E-state index in [0.29, 0.717) is 19.3 Å². The van der Waals surface area contributed by atoms with Gasteiger partial charge in [0.15, 0.2) is 6.10 Å². The van der Waals surface area contributed by atoms with Gasteiger partial charge in [-0.3, -0.25) is 23.4 Å². The minimum absolute atomic E-state index is 0.0857. The number of aliphatic carboxylic acids is 1. The van der Waals surface area contributed by atoms with Crippen molar-refractivity contribution in [1.29, 1.82) is 0 Å². The zero-order valence-corrected chi connectivity index (χ0v) is 35.9. The van der Waals surface area contributed by atoms with Crippen LogP contribution in [0.2, 0.25) is 0 Å². The molecule has 0 saturated heterocycles. The molecule has 56 heavy (non-hydrogen) atoms. The van der Waals surface area contributed by atoms with Crippen LogP contribution in [0.4, 0.5) is 0 Å². The summed E-state index contributed by atoms with van der Waals surface area (Å²) >= 11 is 0. The summed E-state index contributed by atoms with van der Waals surface area (Å²) in [6.45, 7) is 2.72. The normalized spacial score (nSPS) is 14.2. The molecule has 0 aliphatic carbocycles.